The lowest BCUT2D eigenvalue weighted by Gasteiger charge is -2.33. The van der Waals surface area contributed by atoms with Crippen LogP contribution in [0, 0.1) is 4.84 Å². The van der Waals surface area contributed by atoms with Gasteiger partial charge in [-0.1, -0.05) is 0 Å². The van der Waals surface area contributed by atoms with E-state index >= 15 is 0 Å². The molecule has 1 aliphatic rings. The molecule has 1 aromatic heterocycles. The summed E-state index contributed by atoms with van der Waals surface area (Å²) in [5, 5.41) is 37.6. The molecule has 6 nitrogen and oxygen atoms in total. The first kappa shape index (κ1) is 9.81. The van der Waals surface area contributed by atoms with E-state index in [9.17, 15) is 20.4 Å². The van der Waals surface area contributed by atoms with E-state index in [0.29, 0.717) is 0 Å². The van der Waals surface area contributed by atoms with E-state index in [2.05, 4.69) is 0 Å². The maximum Gasteiger partial charge on any atom is 0.271 e. The van der Waals surface area contributed by atoms with Gasteiger partial charge < -0.3 is 24.8 Å². The highest BCUT2D eigenvalue weighted by molar-refractivity contribution is 7.71. The maximum atomic E-state index is 9.50. The van der Waals surface area contributed by atoms with E-state index < -0.39 is 24.5 Å². The van der Waals surface area contributed by atoms with E-state index in [0.717, 1.165) is 10.8 Å². The lowest BCUT2D eigenvalue weighted by Crippen LogP contribution is -2.44. The third kappa shape index (κ3) is 1.14. The zero-order chi connectivity index (χ0) is 10.5. The van der Waals surface area contributed by atoms with Crippen molar-refractivity contribution in [2.75, 3.05) is 0 Å². The van der Waals surface area contributed by atoms with Gasteiger partial charge in [0.25, 0.3) is 4.84 Å². The summed E-state index contributed by atoms with van der Waals surface area (Å²) in [4.78, 5) is -0.0579. The highest BCUT2D eigenvalue weighted by Crippen LogP contribution is 2.32. The van der Waals surface area contributed by atoms with Crippen molar-refractivity contribution in [3.63, 3.8) is 0 Å². The highest BCUT2D eigenvalue weighted by Gasteiger charge is 2.40. The third-order valence-electron chi connectivity index (χ3n) is 2.30. The van der Waals surface area contributed by atoms with Crippen molar-refractivity contribution in [1.82, 2.24) is 4.57 Å². The summed E-state index contributed by atoms with van der Waals surface area (Å²) in [6.45, 7) is 0. The summed E-state index contributed by atoms with van der Waals surface area (Å²) in [5.74, 6) is 0. The van der Waals surface area contributed by atoms with Gasteiger partial charge in [0.15, 0.2) is 6.23 Å². The van der Waals surface area contributed by atoms with Gasteiger partial charge in [-0.3, -0.25) is 4.57 Å². The second kappa shape index (κ2) is 3.14. The Labute approximate surface area is 83.6 Å². The van der Waals surface area contributed by atoms with Gasteiger partial charge in [0.1, 0.15) is 24.6 Å². The lowest BCUT2D eigenvalue weighted by atomic mass is 10.00. The first-order valence-corrected chi connectivity index (χ1v) is 4.37. The molecule has 2 rings (SSSR count). The van der Waals surface area contributed by atoms with E-state index in [4.69, 9.17) is 16.6 Å². The molecule has 1 aliphatic heterocycles. The van der Waals surface area contributed by atoms with Crippen molar-refractivity contribution in [2.45, 2.75) is 24.5 Å². The quantitative estimate of drug-likeness (QED) is 0.421. The normalized spacial score (nSPS) is 36.9. The molecule has 0 aromatic carbocycles. The van der Waals surface area contributed by atoms with Crippen LogP contribution in [0.5, 0.6) is 0 Å². The minimum absolute atomic E-state index is 0.0579. The SMILES string of the molecule is O[C@@H]1[C@@H](O)[C@@H](O)n2c(coc2=S)[C@H]1O. The molecular weight excluding hydrogens is 210 g/mol. The van der Waals surface area contributed by atoms with Gasteiger partial charge in [-0.25, -0.2) is 0 Å². The molecule has 0 spiro atoms. The molecule has 2 heterocycles. The van der Waals surface area contributed by atoms with Gasteiger partial charge in [0.05, 0.1) is 5.69 Å². The monoisotopic (exact) mass is 219 g/mol. The Kier molecular flexibility index (Phi) is 2.20. The van der Waals surface area contributed by atoms with Crippen LogP contribution in [0.2, 0.25) is 0 Å². The van der Waals surface area contributed by atoms with Gasteiger partial charge in [0.2, 0.25) is 0 Å². The number of aliphatic hydroxyl groups excluding tert-OH is 4. The van der Waals surface area contributed by atoms with Crippen LogP contribution in [-0.4, -0.2) is 37.2 Å². The average Bonchev–Trinajstić information content (AvgIpc) is 2.54. The number of hydrogen-bond acceptors (Lipinski definition) is 6. The average molecular weight is 219 g/mol. The third-order valence-corrected chi connectivity index (χ3v) is 2.59. The van der Waals surface area contributed by atoms with Gasteiger partial charge in [-0.2, -0.15) is 0 Å². The molecule has 1 aromatic rings. The summed E-state index contributed by atoms with van der Waals surface area (Å²) in [5.41, 5.74) is 0.153. The fraction of sp³-hybridized carbons (Fsp3) is 0.571. The van der Waals surface area contributed by atoms with Gasteiger partial charge >= 0.3 is 0 Å². The van der Waals surface area contributed by atoms with Crippen LogP contribution in [0.3, 0.4) is 0 Å². The van der Waals surface area contributed by atoms with Crippen molar-refractivity contribution >= 4 is 12.2 Å². The second-order valence-corrected chi connectivity index (χ2v) is 3.49. The predicted octanol–water partition coefficient (Wildman–Crippen LogP) is -0.930. The number of fused-ring (bicyclic) bond motifs is 1. The topological polar surface area (TPSA) is 99.0 Å². The predicted molar refractivity (Wildman–Crippen MR) is 45.8 cm³/mol. The van der Waals surface area contributed by atoms with Crippen molar-refractivity contribution in [2.24, 2.45) is 0 Å². The molecule has 4 atom stereocenters. The number of rotatable bonds is 0. The van der Waals surface area contributed by atoms with Crippen LogP contribution in [0.4, 0.5) is 0 Å². The van der Waals surface area contributed by atoms with Crippen molar-refractivity contribution < 1.29 is 24.8 Å². The second-order valence-electron chi connectivity index (χ2n) is 3.14. The lowest BCUT2D eigenvalue weighted by molar-refractivity contribution is -0.151. The zero-order valence-electron chi connectivity index (χ0n) is 6.94. The summed E-state index contributed by atoms with van der Waals surface area (Å²) < 4.78 is 5.86. The Morgan fingerprint density at radius 3 is 2.50 bits per heavy atom. The largest absolute Gasteiger partial charge is 0.437 e. The standard InChI is InChI=1S/C7H9NO5S/c9-3-2-1-13-7(14)8(2)6(12)5(11)4(3)10/h1,3-6,9-12H/t3-,4+,5-,6-/m1/s1. The molecule has 78 valence electrons. The van der Waals surface area contributed by atoms with Gasteiger partial charge in [0, 0.05) is 0 Å². The molecule has 0 aliphatic carbocycles. The Morgan fingerprint density at radius 2 is 1.86 bits per heavy atom. The Morgan fingerprint density at radius 1 is 1.21 bits per heavy atom. The van der Waals surface area contributed by atoms with Crippen LogP contribution in [0.15, 0.2) is 10.7 Å². The number of nitrogens with zero attached hydrogens (tertiary/aromatic N) is 1. The molecule has 0 radical (unpaired) electrons. The van der Waals surface area contributed by atoms with Crippen LogP contribution in [0.25, 0.3) is 0 Å². The molecule has 0 fully saturated rings. The van der Waals surface area contributed by atoms with E-state index in [-0.39, 0.29) is 10.5 Å². The summed E-state index contributed by atoms with van der Waals surface area (Å²) in [7, 11) is 0. The van der Waals surface area contributed by atoms with E-state index in [1.165, 1.54) is 0 Å². The van der Waals surface area contributed by atoms with Gasteiger partial charge in [-0.05, 0) is 12.2 Å². The number of oxazole rings is 1. The molecule has 0 bridgehead atoms. The Bertz CT molecular complexity index is 399. The number of aliphatic hydroxyl groups is 4. The van der Waals surface area contributed by atoms with Gasteiger partial charge in [-0.15, -0.1) is 0 Å². The van der Waals surface area contributed by atoms with Crippen LogP contribution in [-0.2, 0) is 0 Å². The smallest absolute Gasteiger partial charge is 0.271 e. The van der Waals surface area contributed by atoms with E-state index in [1.54, 1.807) is 0 Å². The van der Waals surface area contributed by atoms with Crippen molar-refractivity contribution in [1.29, 1.82) is 0 Å². The number of aromatic nitrogens is 1. The van der Waals surface area contributed by atoms with Crippen molar-refractivity contribution in [3.05, 3.63) is 16.8 Å². The first-order chi connectivity index (χ1) is 6.54. The molecule has 0 unspecified atom stereocenters. The van der Waals surface area contributed by atoms with Crippen LogP contribution in [0.1, 0.15) is 18.0 Å². The fourth-order valence-electron chi connectivity index (χ4n) is 1.49. The van der Waals surface area contributed by atoms with Crippen LogP contribution < -0.4 is 0 Å². The summed E-state index contributed by atoms with van der Waals surface area (Å²) in [6, 6.07) is 0. The Balaban J connectivity index is 2.58. The van der Waals surface area contributed by atoms with E-state index in [1.807, 2.05) is 0 Å². The molecule has 7 heteroatoms. The van der Waals surface area contributed by atoms with Crippen LogP contribution >= 0.6 is 12.2 Å². The zero-order valence-corrected chi connectivity index (χ0v) is 7.76. The maximum absolute atomic E-state index is 9.50. The molecule has 14 heavy (non-hydrogen) atoms. The Hall–Kier alpha value is -0.730. The summed E-state index contributed by atoms with van der Waals surface area (Å²) in [6.07, 6.45) is -4.49. The fourth-order valence-corrected chi connectivity index (χ4v) is 1.76. The first-order valence-electron chi connectivity index (χ1n) is 3.96. The highest BCUT2D eigenvalue weighted by atomic mass is 32.1. The molecule has 0 amide bonds. The molecule has 0 saturated heterocycles. The summed E-state index contributed by atoms with van der Waals surface area (Å²) >= 11 is 4.73. The minimum Gasteiger partial charge on any atom is -0.437 e. The molecule has 0 saturated carbocycles. The number of hydrogen-bond donors (Lipinski definition) is 4. The molecule has 4 N–H and O–H groups in total. The minimum atomic E-state index is -1.48. The van der Waals surface area contributed by atoms with Crippen molar-refractivity contribution in [3.8, 4) is 0 Å². The molecular formula is C7H9NO5S.